The number of carbonyl (C=O) groups is 1. The van der Waals surface area contributed by atoms with Gasteiger partial charge in [0.05, 0.1) is 11.1 Å². The molecule has 0 spiro atoms. The van der Waals surface area contributed by atoms with Crippen LogP contribution >= 0.6 is 23.2 Å². The molecule has 1 heterocycles. The monoisotopic (exact) mass is 239 g/mol. The van der Waals surface area contributed by atoms with E-state index < -0.39 is 0 Å². The molecule has 0 saturated heterocycles. The van der Waals surface area contributed by atoms with E-state index in [0.717, 1.165) is 5.39 Å². The van der Waals surface area contributed by atoms with Crippen LogP contribution in [0.5, 0.6) is 0 Å². The summed E-state index contributed by atoms with van der Waals surface area (Å²) in [5.74, 6) is -0.0932. The van der Waals surface area contributed by atoms with E-state index in [-0.39, 0.29) is 10.9 Å². The number of halogens is 2. The average molecular weight is 240 g/mol. The van der Waals surface area contributed by atoms with Gasteiger partial charge in [0.15, 0.2) is 5.78 Å². The highest BCUT2D eigenvalue weighted by Gasteiger charge is 2.08. The van der Waals surface area contributed by atoms with Crippen molar-refractivity contribution in [2.45, 2.75) is 6.92 Å². The molecule has 0 bridgehead atoms. The fourth-order valence-corrected chi connectivity index (χ4v) is 1.81. The molecular weight excluding hydrogens is 233 g/mol. The van der Waals surface area contributed by atoms with E-state index >= 15 is 0 Å². The molecule has 0 N–H and O–H groups in total. The first-order chi connectivity index (χ1) is 7.08. The van der Waals surface area contributed by atoms with Crippen LogP contribution in [0.25, 0.3) is 10.9 Å². The summed E-state index contributed by atoms with van der Waals surface area (Å²) in [6.07, 6.45) is 0. The Bertz CT molecular complexity index is 552. The van der Waals surface area contributed by atoms with E-state index in [0.29, 0.717) is 16.1 Å². The van der Waals surface area contributed by atoms with Crippen molar-refractivity contribution in [1.29, 1.82) is 0 Å². The van der Waals surface area contributed by atoms with Crippen LogP contribution in [0, 0.1) is 0 Å². The molecule has 15 heavy (non-hydrogen) atoms. The summed E-state index contributed by atoms with van der Waals surface area (Å²) in [7, 11) is 0. The molecule has 4 heteroatoms. The number of benzene rings is 1. The molecule has 0 aliphatic rings. The largest absolute Gasteiger partial charge is 0.294 e. The number of fused-ring (bicyclic) bond motifs is 1. The summed E-state index contributed by atoms with van der Waals surface area (Å²) in [4.78, 5) is 15.3. The maximum absolute atomic E-state index is 11.2. The summed E-state index contributed by atoms with van der Waals surface area (Å²) in [5, 5.41) is 1.67. The summed E-state index contributed by atoms with van der Waals surface area (Å²) in [5.41, 5.74) is 1.13. The highest BCUT2D eigenvalue weighted by Crippen LogP contribution is 2.23. The van der Waals surface area contributed by atoms with Crippen molar-refractivity contribution in [3.8, 4) is 0 Å². The molecule has 0 unspecified atom stereocenters. The van der Waals surface area contributed by atoms with Gasteiger partial charge in [0.25, 0.3) is 0 Å². The van der Waals surface area contributed by atoms with Gasteiger partial charge in [0.1, 0.15) is 5.15 Å². The van der Waals surface area contributed by atoms with E-state index in [9.17, 15) is 4.79 Å². The molecule has 1 aromatic heterocycles. The van der Waals surface area contributed by atoms with Crippen LogP contribution in [-0.4, -0.2) is 10.8 Å². The molecule has 0 atom stereocenters. The molecule has 0 aliphatic carbocycles. The van der Waals surface area contributed by atoms with Crippen LogP contribution in [0.3, 0.4) is 0 Å². The molecule has 2 rings (SSSR count). The smallest absolute Gasteiger partial charge is 0.162 e. The van der Waals surface area contributed by atoms with Crippen molar-refractivity contribution in [2.75, 3.05) is 0 Å². The third-order valence-corrected chi connectivity index (χ3v) is 2.64. The predicted molar refractivity (Wildman–Crippen MR) is 61.8 cm³/mol. The number of hydrogen-bond donors (Lipinski definition) is 0. The fraction of sp³-hybridized carbons (Fsp3) is 0.0909. The normalized spacial score (nSPS) is 10.6. The first-order valence-electron chi connectivity index (χ1n) is 4.34. The molecule has 1 aromatic carbocycles. The Balaban J connectivity index is 2.76. The first kappa shape index (κ1) is 10.4. The van der Waals surface area contributed by atoms with Crippen molar-refractivity contribution in [2.24, 2.45) is 0 Å². The maximum atomic E-state index is 11.2. The minimum atomic E-state index is -0.0932. The summed E-state index contributed by atoms with van der Waals surface area (Å²) < 4.78 is 0. The highest BCUT2D eigenvalue weighted by atomic mass is 35.5. The summed E-state index contributed by atoms with van der Waals surface area (Å²) in [6.45, 7) is 1.46. The van der Waals surface area contributed by atoms with Gasteiger partial charge in [-0.2, -0.15) is 0 Å². The quantitative estimate of drug-likeness (QED) is 0.561. The third-order valence-electron chi connectivity index (χ3n) is 2.11. The second-order valence-electron chi connectivity index (χ2n) is 3.22. The van der Waals surface area contributed by atoms with Crippen LogP contribution in [0.2, 0.25) is 10.2 Å². The molecule has 2 aromatic rings. The highest BCUT2D eigenvalue weighted by molar-refractivity contribution is 6.33. The molecule has 0 radical (unpaired) electrons. The standard InChI is InChI=1S/C11H7Cl2NO/c1-6(15)9-4-7-2-3-8(12)5-10(7)14-11(9)13/h2-5H,1H3. The van der Waals surface area contributed by atoms with Crippen LogP contribution in [0.1, 0.15) is 17.3 Å². The van der Waals surface area contributed by atoms with E-state index in [1.807, 2.05) is 6.07 Å². The van der Waals surface area contributed by atoms with Gasteiger partial charge in [-0.1, -0.05) is 29.3 Å². The van der Waals surface area contributed by atoms with Crippen molar-refractivity contribution in [3.63, 3.8) is 0 Å². The van der Waals surface area contributed by atoms with Gasteiger partial charge in [-0.3, -0.25) is 4.79 Å². The molecule has 0 aliphatic heterocycles. The van der Waals surface area contributed by atoms with Gasteiger partial charge >= 0.3 is 0 Å². The number of Topliss-reactive ketones (excluding diaryl/α,β-unsaturated/α-hetero) is 1. The van der Waals surface area contributed by atoms with E-state index in [1.54, 1.807) is 18.2 Å². The Kier molecular flexibility index (Phi) is 2.63. The van der Waals surface area contributed by atoms with E-state index in [1.165, 1.54) is 6.92 Å². The second-order valence-corrected chi connectivity index (χ2v) is 4.01. The van der Waals surface area contributed by atoms with Crippen molar-refractivity contribution in [3.05, 3.63) is 40.0 Å². The van der Waals surface area contributed by atoms with Crippen molar-refractivity contribution >= 4 is 39.9 Å². The summed E-state index contributed by atoms with van der Waals surface area (Å²) >= 11 is 11.7. The zero-order valence-electron chi connectivity index (χ0n) is 7.92. The maximum Gasteiger partial charge on any atom is 0.162 e. The number of aromatic nitrogens is 1. The summed E-state index contributed by atoms with van der Waals surface area (Å²) in [6, 6.07) is 7.01. The zero-order chi connectivity index (χ0) is 11.0. The first-order valence-corrected chi connectivity index (χ1v) is 5.10. The fourth-order valence-electron chi connectivity index (χ4n) is 1.36. The van der Waals surface area contributed by atoms with Crippen LogP contribution in [0.15, 0.2) is 24.3 Å². The van der Waals surface area contributed by atoms with Crippen molar-refractivity contribution < 1.29 is 4.79 Å². The molecule has 0 fully saturated rings. The Morgan fingerprint density at radius 2 is 2.00 bits per heavy atom. The lowest BCUT2D eigenvalue weighted by Crippen LogP contribution is -1.95. The third kappa shape index (κ3) is 1.96. The molecule has 76 valence electrons. The van der Waals surface area contributed by atoms with Gasteiger partial charge in [-0.25, -0.2) is 4.98 Å². The van der Waals surface area contributed by atoms with Gasteiger partial charge in [-0.15, -0.1) is 0 Å². The van der Waals surface area contributed by atoms with Gasteiger partial charge in [-0.05, 0) is 25.1 Å². The SMILES string of the molecule is CC(=O)c1cc2ccc(Cl)cc2nc1Cl. The number of hydrogen-bond acceptors (Lipinski definition) is 2. The topological polar surface area (TPSA) is 30.0 Å². The minimum Gasteiger partial charge on any atom is -0.294 e. The van der Waals surface area contributed by atoms with Gasteiger partial charge < -0.3 is 0 Å². The number of carbonyl (C=O) groups excluding carboxylic acids is 1. The second kappa shape index (κ2) is 3.80. The Morgan fingerprint density at radius 1 is 1.27 bits per heavy atom. The molecule has 2 nitrogen and oxygen atoms in total. The predicted octanol–water partition coefficient (Wildman–Crippen LogP) is 3.74. The molecule has 0 amide bonds. The lowest BCUT2D eigenvalue weighted by molar-refractivity contribution is 0.101. The Labute approximate surface area is 96.8 Å². The lowest BCUT2D eigenvalue weighted by atomic mass is 10.1. The number of ketones is 1. The van der Waals surface area contributed by atoms with Crippen molar-refractivity contribution in [1.82, 2.24) is 4.98 Å². The number of nitrogens with zero attached hydrogens (tertiary/aromatic N) is 1. The molecule has 0 saturated carbocycles. The lowest BCUT2D eigenvalue weighted by Gasteiger charge is -2.02. The van der Waals surface area contributed by atoms with Crippen LogP contribution in [-0.2, 0) is 0 Å². The molecular formula is C11H7Cl2NO. The van der Waals surface area contributed by atoms with E-state index in [4.69, 9.17) is 23.2 Å². The van der Waals surface area contributed by atoms with E-state index in [2.05, 4.69) is 4.98 Å². The van der Waals surface area contributed by atoms with Crippen LogP contribution < -0.4 is 0 Å². The minimum absolute atomic E-state index is 0.0932. The number of pyridine rings is 1. The van der Waals surface area contributed by atoms with Crippen LogP contribution in [0.4, 0.5) is 0 Å². The average Bonchev–Trinajstić information content (AvgIpc) is 2.15. The Hall–Kier alpha value is -1.12. The van der Waals surface area contributed by atoms with Gasteiger partial charge in [0.2, 0.25) is 0 Å². The Morgan fingerprint density at radius 3 is 2.67 bits per heavy atom. The van der Waals surface area contributed by atoms with Gasteiger partial charge in [0, 0.05) is 10.4 Å². The zero-order valence-corrected chi connectivity index (χ0v) is 9.43. The number of rotatable bonds is 1.